The number of carbonyl (C=O) groups excluding carboxylic acids is 1. The van der Waals surface area contributed by atoms with Crippen molar-refractivity contribution < 1.29 is 18.7 Å². The van der Waals surface area contributed by atoms with Gasteiger partial charge in [-0.3, -0.25) is 4.79 Å². The summed E-state index contributed by atoms with van der Waals surface area (Å²) in [6.45, 7) is 2.26. The predicted molar refractivity (Wildman–Crippen MR) is 75.5 cm³/mol. The molecule has 0 aliphatic carbocycles. The lowest BCUT2D eigenvalue weighted by Gasteiger charge is -2.20. The zero-order valence-electron chi connectivity index (χ0n) is 12.0. The first-order chi connectivity index (χ1) is 10.1. The molecule has 2 aliphatic rings. The summed E-state index contributed by atoms with van der Waals surface area (Å²) in [5.74, 6) is 0.157. The number of rotatable bonds is 5. The zero-order chi connectivity index (χ0) is 14.8. The second-order valence-corrected chi connectivity index (χ2v) is 5.85. The molecule has 1 N–H and O–H groups in total. The Morgan fingerprint density at radius 3 is 3.05 bits per heavy atom. The lowest BCUT2D eigenvalue weighted by molar-refractivity contribution is -0.126. The van der Waals surface area contributed by atoms with Gasteiger partial charge in [0.15, 0.2) is 0 Å². The number of hydrogen-bond donors (Lipinski definition) is 1. The van der Waals surface area contributed by atoms with Gasteiger partial charge in [-0.05, 0) is 38.3 Å². The van der Waals surface area contributed by atoms with E-state index in [0.717, 1.165) is 19.3 Å². The van der Waals surface area contributed by atoms with E-state index in [1.165, 1.54) is 12.1 Å². The van der Waals surface area contributed by atoms with E-state index < -0.39 is 0 Å². The SMILES string of the molecule is C[C@H](CNC(=O)[C@H]1C[C@H]2CC[C@H]1O2)Oc1cccc(F)c1. The number of benzene rings is 1. The minimum Gasteiger partial charge on any atom is -0.489 e. The van der Waals surface area contributed by atoms with E-state index in [9.17, 15) is 9.18 Å². The maximum Gasteiger partial charge on any atom is 0.225 e. The van der Waals surface area contributed by atoms with Crippen LogP contribution in [0.2, 0.25) is 0 Å². The van der Waals surface area contributed by atoms with Crippen molar-refractivity contribution in [1.82, 2.24) is 5.32 Å². The van der Waals surface area contributed by atoms with Crippen LogP contribution in [0.4, 0.5) is 4.39 Å². The third-order valence-electron chi connectivity index (χ3n) is 4.14. The first-order valence-corrected chi connectivity index (χ1v) is 7.47. The number of ether oxygens (including phenoxy) is 2. The normalized spacial score (nSPS) is 28.4. The summed E-state index contributed by atoms with van der Waals surface area (Å²) < 4.78 is 24.3. The smallest absolute Gasteiger partial charge is 0.225 e. The molecule has 4 nitrogen and oxygen atoms in total. The average molecular weight is 293 g/mol. The molecule has 0 saturated carbocycles. The summed E-state index contributed by atoms with van der Waals surface area (Å²) in [5.41, 5.74) is 0. The van der Waals surface area contributed by atoms with Crippen molar-refractivity contribution in [3.8, 4) is 5.75 Å². The van der Waals surface area contributed by atoms with E-state index in [1.807, 2.05) is 6.92 Å². The molecule has 0 radical (unpaired) electrons. The van der Waals surface area contributed by atoms with Crippen LogP contribution in [0.3, 0.4) is 0 Å². The molecule has 4 atom stereocenters. The minimum atomic E-state index is -0.331. The molecular weight excluding hydrogens is 273 g/mol. The highest BCUT2D eigenvalue weighted by atomic mass is 19.1. The molecule has 1 amide bonds. The topological polar surface area (TPSA) is 47.6 Å². The summed E-state index contributed by atoms with van der Waals surface area (Å²) in [4.78, 5) is 12.1. The van der Waals surface area contributed by atoms with Gasteiger partial charge in [-0.2, -0.15) is 0 Å². The van der Waals surface area contributed by atoms with E-state index in [2.05, 4.69) is 5.32 Å². The molecule has 1 aromatic carbocycles. The molecule has 0 aromatic heterocycles. The summed E-state index contributed by atoms with van der Waals surface area (Å²) in [5, 5.41) is 2.91. The van der Waals surface area contributed by atoms with Crippen molar-refractivity contribution in [2.75, 3.05) is 6.54 Å². The van der Waals surface area contributed by atoms with Crippen LogP contribution in [0.1, 0.15) is 26.2 Å². The van der Waals surface area contributed by atoms with Gasteiger partial charge in [0, 0.05) is 6.07 Å². The van der Waals surface area contributed by atoms with E-state index in [0.29, 0.717) is 12.3 Å². The Balaban J connectivity index is 1.45. The van der Waals surface area contributed by atoms with Gasteiger partial charge in [0.25, 0.3) is 0 Å². The van der Waals surface area contributed by atoms with Crippen molar-refractivity contribution in [3.63, 3.8) is 0 Å². The summed E-state index contributed by atoms with van der Waals surface area (Å²) in [6.07, 6.45) is 3.04. The highest BCUT2D eigenvalue weighted by Crippen LogP contribution is 2.38. The number of amides is 1. The first kappa shape index (κ1) is 14.3. The zero-order valence-corrected chi connectivity index (χ0v) is 12.0. The maximum atomic E-state index is 13.1. The minimum absolute atomic E-state index is 0.0230. The Bertz CT molecular complexity index is 522. The van der Waals surface area contributed by atoms with E-state index in [-0.39, 0.29) is 36.0 Å². The Labute approximate surface area is 123 Å². The molecule has 2 saturated heterocycles. The molecule has 21 heavy (non-hydrogen) atoms. The first-order valence-electron chi connectivity index (χ1n) is 7.47. The molecule has 2 fully saturated rings. The van der Waals surface area contributed by atoms with Crippen LogP contribution in [-0.2, 0) is 9.53 Å². The Morgan fingerprint density at radius 1 is 1.52 bits per heavy atom. The molecule has 2 aliphatic heterocycles. The lowest BCUT2D eigenvalue weighted by atomic mass is 9.88. The van der Waals surface area contributed by atoms with E-state index in [1.54, 1.807) is 12.1 Å². The molecule has 0 spiro atoms. The molecule has 114 valence electrons. The van der Waals surface area contributed by atoms with Crippen LogP contribution >= 0.6 is 0 Å². The molecule has 3 rings (SSSR count). The number of halogens is 1. The van der Waals surface area contributed by atoms with Gasteiger partial charge in [0.1, 0.15) is 17.7 Å². The molecular formula is C16H20FNO3. The van der Waals surface area contributed by atoms with Crippen LogP contribution in [0.15, 0.2) is 24.3 Å². The second-order valence-electron chi connectivity index (χ2n) is 5.85. The highest BCUT2D eigenvalue weighted by molar-refractivity contribution is 5.79. The largest absolute Gasteiger partial charge is 0.489 e. The van der Waals surface area contributed by atoms with Gasteiger partial charge in [0.05, 0.1) is 24.7 Å². The number of hydrogen-bond acceptors (Lipinski definition) is 3. The molecule has 2 heterocycles. The van der Waals surface area contributed by atoms with Gasteiger partial charge in [-0.25, -0.2) is 4.39 Å². The summed E-state index contributed by atoms with van der Waals surface area (Å²) in [6, 6.07) is 6.00. The second kappa shape index (κ2) is 6.02. The van der Waals surface area contributed by atoms with Crippen molar-refractivity contribution >= 4 is 5.91 Å². The molecule has 2 bridgehead atoms. The van der Waals surface area contributed by atoms with Gasteiger partial charge >= 0.3 is 0 Å². The van der Waals surface area contributed by atoms with Gasteiger partial charge < -0.3 is 14.8 Å². The average Bonchev–Trinajstić information content (AvgIpc) is 3.07. The standard InChI is InChI=1S/C16H20FNO3/c1-10(20-12-4-2-3-11(17)7-12)9-18-16(19)14-8-13-5-6-15(14)21-13/h2-4,7,10,13-15H,5-6,8-9H2,1H3,(H,18,19)/t10-,13-,14+,15-/m1/s1. The highest BCUT2D eigenvalue weighted by Gasteiger charge is 2.44. The fourth-order valence-electron chi connectivity index (χ4n) is 3.10. The summed E-state index contributed by atoms with van der Waals surface area (Å²) in [7, 11) is 0. The van der Waals surface area contributed by atoms with Gasteiger partial charge in [0.2, 0.25) is 5.91 Å². The number of carbonyl (C=O) groups is 1. The van der Waals surface area contributed by atoms with E-state index in [4.69, 9.17) is 9.47 Å². The maximum absolute atomic E-state index is 13.1. The lowest BCUT2D eigenvalue weighted by Crippen LogP contribution is -2.40. The van der Waals surface area contributed by atoms with Crippen LogP contribution in [-0.4, -0.2) is 30.8 Å². The molecule has 0 unspecified atom stereocenters. The van der Waals surface area contributed by atoms with Crippen LogP contribution in [0.5, 0.6) is 5.75 Å². The van der Waals surface area contributed by atoms with Crippen LogP contribution < -0.4 is 10.1 Å². The third-order valence-corrected chi connectivity index (χ3v) is 4.14. The van der Waals surface area contributed by atoms with Gasteiger partial charge in [-0.15, -0.1) is 0 Å². The van der Waals surface area contributed by atoms with Crippen molar-refractivity contribution in [1.29, 1.82) is 0 Å². The Morgan fingerprint density at radius 2 is 2.38 bits per heavy atom. The van der Waals surface area contributed by atoms with Crippen molar-refractivity contribution in [2.24, 2.45) is 5.92 Å². The number of nitrogens with one attached hydrogen (secondary N) is 1. The Hall–Kier alpha value is -1.62. The third kappa shape index (κ3) is 3.35. The van der Waals surface area contributed by atoms with Crippen molar-refractivity contribution in [3.05, 3.63) is 30.1 Å². The fraction of sp³-hybridized carbons (Fsp3) is 0.562. The van der Waals surface area contributed by atoms with Crippen LogP contribution in [0.25, 0.3) is 0 Å². The fourth-order valence-corrected chi connectivity index (χ4v) is 3.10. The number of fused-ring (bicyclic) bond motifs is 2. The predicted octanol–water partition coefficient (Wildman–Crippen LogP) is 2.28. The quantitative estimate of drug-likeness (QED) is 0.906. The Kier molecular flexibility index (Phi) is 4.10. The molecule has 1 aromatic rings. The van der Waals surface area contributed by atoms with E-state index >= 15 is 0 Å². The van der Waals surface area contributed by atoms with Crippen LogP contribution in [0, 0.1) is 11.7 Å². The monoisotopic (exact) mass is 293 g/mol. The van der Waals surface area contributed by atoms with Crippen molar-refractivity contribution in [2.45, 2.75) is 44.5 Å². The summed E-state index contributed by atoms with van der Waals surface area (Å²) >= 11 is 0. The van der Waals surface area contributed by atoms with Gasteiger partial charge in [-0.1, -0.05) is 6.07 Å². The molecule has 5 heteroatoms.